The van der Waals surface area contributed by atoms with E-state index >= 15 is 0 Å². The second-order valence-corrected chi connectivity index (χ2v) is 5.82. The van der Waals surface area contributed by atoms with Crippen LogP contribution in [0.4, 0.5) is 0 Å². The van der Waals surface area contributed by atoms with Crippen molar-refractivity contribution in [2.75, 3.05) is 0 Å². The lowest BCUT2D eigenvalue weighted by Gasteiger charge is -2.14. The van der Waals surface area contributed by atoms with E-state index in [4.69, 9.17) is 0 Å². The first-order valence-electron chi connectivity index (χ1n) is 7.43. The maximum atomic E-state index is 2.28. The summed E-state index contributed by atoms with van der Waals surface area (Å²) in [4.78, 5) is 0. The Balaban J connectivity index is 2.16. The van der Waals surface area contributed by atoms with Gasteiger partial charge in [-0.05, 0) is 49.9 Å². The van der Waals surface area contributed by atoms with Gasteiger partial charge in [-0.3, -0.25) is 0 Å². The van der Waals surface area contributed by atoms with Crippen molar-refractivity contribution in [2.45, 2.75) is 6.42 Å². The number of rotatable bonds is 0. The van der Waals surface area contributed by atoms with Crippen LogP contribution in [0.25, 0.3) is 33.7 Å². The van der Waals surface area contributed by atoms with Crippen molar-refractivity contribution in [1.29, 1.82) is 0 Å². The van der Waals surface area contributed by atoms with Crippen molar-refractivity contribution in [3.8, 4) is 0 Å². The molecule has 0 saturated heterocycles. The molecule has 0 amide bonds. The smallest absolute Gasteiger partial charge is 0.00134 e. The molecular weight excluding hydrogens is 252 g/mol. The highest BCUT2D eigenvalue weighted by Crippen LogP contribution is 2.32. The molecule has 3 aromatic carbocycles. The fraction of sp³-hybridized carbons (Fsp3) is 0.0476. The van der Waals surface area contributed by atoms with Crippen molar-refractivity contribution in [3.63, 3.8) is 0 Å². The second-order valence-electron chi connectivity index (χ2n) is 5.82. The highest BCUT2D eigenvalue weighted by atomic mass is 14.2. The fourth-order valence-electron chi connectivity index (χ4n) is 3.74. The molecule has 0 atom stereocenters. The fourth-order valence-corrected chi connectivity index (χ4v) is 3.74. The summed E-state index contributed by atoms with van der Waals surface area (Å²) in [6.45, 7) is 0. The molecule has 21 heavy (non-hydrogen) atoms. The molecule has 0 unspecified atom stereocenters. The highest BCUT2D eigenvalue weighted by molar-refractivity contribution is 6.13. The van der Waals surface area contributed by atoms with Gasteiger partial charge in [0.15, 0.2) is 0 Å². The largest absolute Gasteiger partial charge is 0.0614 e. The quantitative estimate of drug-likeness (QED) is 0.559. The van der Waals surface area contributed by atoms with Crippen LogP contribution in [0.15, 0.2) is 66.3 Å². The Morgan fingerprint density at radius 1 is 0.762 bits per heavy atom. The molecule has 0 heteroatoms. The van der Waals surface area contributed by atoms with Crippen LogP contribution in [0.2, 0.25) is 0 Å². The van der Waals surface area contributed by atoms with Crippen LogP contribution in [-0.4, -0.2) is 0 Å². The third-order valence-electron chi connectivity index (χ3n) is 4.66. The number of benzene rings is 3. The van der Waals surface area contributed by atoms with E-state index in [1.54, 1.807) is 0 Å². The van der Waals surface area contributed by atoms with E-state index in [0.29, 0.717) is 0 Å². The minimum Gasteiger partial charge on any atom is -0.0614 e. The van der Waals surface area contributed by atoms with E-state index < -0.39 is 0 Å². The minimum atomic E-state index is 1.02. The number of allylic oxidation sites excluding steroid dienone is 5. The van der Waals surface area contributed by atoms with Crippen molar-refractivity contribution < 1.29 is 0 Å². The molecule has 2 bridgehead atoms. The zero-order valence-electron chi connectivity index (χ0n) is 11.6. The van der Waals surface area contributed by atoms with Gasteiger partial charge in [-0.2, -0.15) is 0 Å². The highest BCUT2D eigenvalue weighted by Gasteiger charge is 2.15. The van der Waals surface area contributed by atoms with Gasteiger partial charge < -0.3 is 0 Å². The average Bonchev–Trinajstić information content (AvgIpc) is 2.86. The van der Waals surface area contributed by atoms with Crippen molar-refractivity contribution >= 4 is 33.7 Å². The van der Waals surface area contributed by atoms with E-state index in [2.05, 4.69) is 72.9 Å². The molecule has 5 rings (SSSR count). The molecule has 0 aromatic heterocycles. The molecule has 0 aliphatic heterocycles. The normalized spacial score (nSPS) is 15.7. The van der Waals surface area contributed by atoms with E-state index in [9.17, 15) is 0 Å². The van der Waals surface area contributed by atoms with Crippen molar-refractivity contribution in [2.24, 2.45) is 0 Å². The van der Waals surface area contributed by atoms with Gasteiger partial charge in [0.25, 0.3) is 0 Å². The maximum Gasteiger partial charge on any atom is -0.00134 e. The van der Waals surface area contributed by atoms with Gasteiger partial charge in [0.2, 0.25) is 0 Å². The molecule has 0 spiro atoms. The van der Waals surface area contributed by atoms with Gasteiger partial charge in [-0.1, -0.05) is 72.9 Å². The molecule has 0 nitrogen and oxygen atoms in total. The molecule has 3 aromatic rings. The van der Waals surface area contributed by atoms with E-state index in [1.807, 2.05) is 0 Å². The summed E-state index contributed by atoms with van der Waals surface area (Å²) < 4.78 is 0. The van der Waals surface area contributed by atoms with Gasteiger partial charge >= 0.3 is 0 Å². The van der Waals surface area contributed by atoms with E-state index in [1.165, 1.54) is 43.5 Å². The molecule has 0 N–H and O–H groups in total. The topological polar surface area (TPSA) is 0 Å². The van der Waals surface area contributed by atoms with Crippen LogP contribution in [0.1, 0.15) is 11.1 Å². The summed E-state index contributed by atoms with van der Waals surface area (Å²) in [5.74, 6) is 0. The monoisotopic (exact) mass is 266 g/mol. The predicted octanol–water partition coefficient (Wildman–Crippen LogP) is 4.56. The predicted molar refractivity (Wildman–Crippen MR) is 91.1 cm³/mol. The summed E-state index contributed by atoms with van der Waals surface area (Å²) in [6.07, 6.45) is 14.4. The Kier molecular flexibility index (Phi) is 2.09. The van der Waals surface area contributed by atoms with Crippen LogP contribution in [0.5, 0.6) is 0 Å². The maximum absolute atomic E-state index is 2.28. The minimum absolute atomic E-state index is 1.02. The zero-order valence-corrected chi connectivity index (χ0v) is 11.6. The summed E-state index contributed by atoms with van der Waals surface area (Å²) in [6, 6.07) is 13.3. The van der Waals surface area contributed by atoms with Gasteiger partial charge in [-0.15, -0.1) is 0 Å². The van der Waals surface area contributed by atoms with Crippen molar-refractivity contribution in [1.82, 2.24) is 0 Å². The second kappa shape index (κ2) is 3.95. The molecule has 98 valence electrons. The standard InChI is InChI=1S/C21H14/c1-5-14-6-2-10-17-19-12-4-8-15-7-3-11-18(21(15)19)16(9-1)20(17)13-14/h1-12H,13H2. The Labute approximate surface area is 123 Å². The number of fused-ring (bicyclic) bond motifs is 3. The summed E-state index contributed by atoms with van der Waals surface area (Å²) in [5, 5.41) is 6.87. The molecule has 0 fully saturated rings. The SMILES string of the molecule is C1=CC2=CC=Cc3c(c(c4cccc5cccc3c54)=C1)C2. The van der Waals surface area contributed by atoms with Crippen LogP contribution >= 0.6 is 0 Å². The summed E-state index contributed by atoms with van der Waals surface area (Å²) in [7, 11) is 0. The zero-order chi connectivity index (χ0) is 13.8. The molecular formula is C21H14. The van der Waals surface area contributed by atoms with E-state index in [0.717, 1.165) is 6.42 Å². The van der Waals surface area contributed by atoms with Gasteiger partial charge in [-0.25, -0.2) is 0 Å². The Bertz CT molecular complexity index is 1040. The Hall–Kier alpha value is -2.60. The van der Waals surface area contributed by atoms with Crippen molar-refractivity contribution in [3.05, 3.63) is 82.6 Å². The Morgan fingerprint density at radius 2 is 1.57 bits per heavy atom. The van der Waals surface area contributed by atoms with Crippen LogP contribution < -0.4 is 5.22 Å². The molecule has 0 heterocycles. The van der Waals surface area contributed by atoms with Gasteiger partial charge in [0, 0.05) is 0 Å². The van der Waals surface area contributed by atoms with Gasteiger partial charge in [0.05, 0.1) is 0 Å². The van der Waals surface area contributed by atoms with Crippen LogP contribution in [0, 0.1) is 0 Å². The first-order valence-corrected chi connectivity index (χ1v) is 7.43. The lowest BCUT2D eigenvalue weighted by atomic mass is 9.89. The molecule has 2 aliphatic rings. The van der Waals surface area contributed by atoms with Crippen LogP contribution in [0.3, 0.4) is 0 Å². The number of hydrogen-bond acceptors (Lipinski definition) is 0. The molecule has 0 radical (unpaired) electrons. The third kappa shape index (κ3) is 1.45. The first kappa shape index (κ1) is 11.1. The lowest BCUT2D eigenvalue weighted by molar-refractivity contribution is 1.20. The average molecular weight is 266 g/mol. The summed E-state index contributed by atoms with van der Waals surface area (Å²) >= 11 is 0. The van der Waals surface area contributed by atoms with E-state index in [-0.39, 0.29) is 0 Å². The first-order chi connectivity index (χ1) is 10.4. The number of hydrogen-bond donors (Lipinski definition) is 0. The lowest BCUT2D eigenvalue weighted by Crippen LogP contribution is -2.12. The third-order valence-corrected chi connectivity index (χ3v) is 4.66. The molecule has 2 aliphatic carbocycles. The Morgan fingerprint density at radius 3 is 2.48 bits per heavy atom. The summed E-state index contributed by atoms with van der Waals surface area (Å²) in [5.41, 5.74) is 4.24. The van der Waals surface area contributed by atoms with Crippen LogP contribution in [-0.2, 0) is 6.42 Å². The molecule has 0 saturated carbocycles. The van der Waals surface area contributed by atoms with Gasteiger partial charge in [0.1, 0.15) is 0 Å².